The van der Waals surface area contributed by atoms with E-state index in [1.807, 2.05) is 21.1 Å². The fraction of sp³-hybridized carbons (Fsp3) is 0.625. The lowest BCUT2D eigenvalue weighted by molar-refractivity contribution is -0.890. The second kappa shape index (κ2) is 4.23. The molecule has 0 saturated heterocycles. The van der Waals surface area contributed by atoms with Gasteiger partial charge in [0.15, 0.2) is 0 Å². The van der Waals surface area contributed by atoms with Crippen LogP contribution in [0.3, 0.4) is 0 Å². The average molecular weight is 173 g/mol. The lowest BCUT2D eigenvalue weighted by Gasteiger charge is -2.31. The van der Waals surface area contributed by atoms with Crippen molar-refractivity contribution in [1.82, 2.24) is 5.32 Å². The largest absolute Gasteiger partial charge is 0.476 e. The van der Waals surface area contributed by atoms with E-state index in [4.69, 9.17) is 5.11 Å². The van der Waals surface area contributed by atoms with Crippen molar-refractivity contribution in [1.29, 1.82) is 0 Å². The van der Waals surface area contributed by atoms with Gasteiger partial charge in [0.05, 0.1) is 21.1 Å². The van der Waals surface area contributed by atoms with Crippen LogP contribution in [0, 0.1) is 0 Å². The van der Waals surface area contributed by atoms with E-state index < -0.39 is 12.1 Å². The number of carbonyl (C=O) groups is 1. The predicted octanol–water partition coefficient (Wildman–Crippen LogP) is -0.121. The van der Waals surface area contributed by atoms with Crippen molar-refractivity contribution < 1.29 is 14.4 Å². The summed E-state index contributed by atoms with van der Waals surface area (Å²) in [4.78, 5) is 10.7. The molecule has 0 aliphatic carbocycles. The molecular weight excluding hydrogens is 156 g/mol. The van der Waals surface area contributed by atoms with Crippen LogP contribution in [0.2, 0.25) is 0 Å². The van der Waals surface area contributed by atoms with Crippen LogP contribution in [0.25, 0.3) is 0 Å². The summed E-state index contributed by atoms with van der Waals surface area (Å²) in [7, 11) is 5.48. The molecule has 0 rings (SSSR count). The van der Waals surface area contributed by atoms with Gasteiger partial charge in [-0.1, -0.05) is 6.08 Å². The topological polar surface area (TPSA) is 49.3 Å². The minimum absolute atomic E-state index is 0.350. The van der Waals surface area contributed by atoms with E-state index in [-0.39, 0.29) is 0 Å². The van der Waals surface area contributed by atoms with Crippen molar-refractivity contribution in [2.75, 3.05) is 27.7 Å². The molecular formula is C8H17N2O2+. The van der Waals surface area contributed by atoms with Crippen molar-refractivity contribution in [2.45, 2.75) is 6.17 Å². The molecule has 0 saturated carbocycles. The van der Waals surface area contributed by atoms with Crippen LogP contribution >= 0.6 is 0 Å². The van der Waals surface area contributed by atoms with Gasteiger partial charge in [-0.25, -0.2) is 4.79 Å². The number of rotatable bonds is 5. The van der Waals surface area contributed by atoms with Gasteiger partial charge in [0, 0.05) is 6.54 Å². The van der Waals surface area contributed by atoms with Gasteiger partial charge in [0.1, 0.15) is 0 Å². The number of likely N-dealkylation sites (N-methyl/N-ethyl adjacent to an activating group) is 1. The highest BCUT2D eigenvalue weighted by Gasteiger charge is 2.29. The smallest absolute Gasteiger partial charge is 0.379 e. The summed E-state index contributed by atoms with van der Waals surface area (Å²) in [6.07, 6.45) is 1.06. The highest BCUT2D eigenvalue weighted by molar-refractivity contribution is 5.71. The number of aliphatic carboxylic acids is 1. The third-order valence-corrected chi connectivity index (χ3v) is 1.46. The Balaban J connectivity index is 4.24. The first-order valence-electron chi connectivity index (χ1n) is 3.77. The molecule has 4 nitrogen and oxygen atoms in total. The van der Waals surface area contributed by atoms with Crippen LogP contribution in [0.1, 0.15) is 0 Å². The molecule has 0 amide bonds. The molecule has 0 fully saturated rings. The van der Waals surface area contributed by atoms with Crippen molar-refractivity contribution in [3.63, 3.8) is 0 Å². The zero-order chi connectivity index (χ0) is 9.78. The van der Waals surface area contributed by atoms with Gasteiger partial charge >= 0.3 is 5.97 Å². The Hall–Kier alpha value is -0.870. The van der Waals surface area contributed by atoms with Crippen molar-refractivity contribution in [3.8, 4) is 0 Å². The number of carboxylic acid groups (broad SMARTS) is 1. The Kier molecular flexibility index (Phi) is 3.92. The van der Waals surface area contributed by atoms with E-state index in [2.05, 4.69) is 11.9 Å². The summed E-state index contributed by atoms with van der Waals surface area (Å²) >= 11 is 0. The van der Waals surface area contributed by atoms with E-state index in [9.17, 15) is 4.79 Å². The molecule has 0 aromatic rings. The number of quaternary nitrogens is 1. The highest BCUT2D eigenvalue weighted by Crippen LogP contribution is 1.98. The molecule has 0 spiro atoms. The fourth-order valence-corrected chi connectivity index (χ4v) is 0.887. The quantitative estimate of drug-likeness (QED) is 0.346. The SMILES string of the molecule is C=CCNC(C(=O)O)[N+](C)(C)C. The van der Waals surface area contributed by atoms with Crippen LogP contribution in [0.5, 0.6) is 0 Å². The van der Waals surface area contributed by atoms with E-state index in [1.54, 1.807) is 6.08 Å². The molecule has 0 aliphatic rings. The maximum atomic E-state index is 10.7. The van der Waals surface area contributed by atoms with Crippen LogP contribution in [-0.4, -0.2) is 49.4 Å². The second-order valence-corrected chi connectivity index (χ2v) is 3.55. The van der Waals surface area contributed by atoms with Crippen molar-refractivity contribution in [2.24, 2.45) is 0 Å². The molecule has 0 heterocycles. The van der Waals surface area contributed by atoms with Gasteiger partial charge in [-0.3, -0.25) is 5.32 Å². The maximum absolute atomic E-state index is 10.7. The number of nitrogens with one attached hydrogen (secondary N) is 1. The molecule has 70 valence electrons. The first-order chi connectivity index (χ1) is 5.39. The minimum Gasteiger partial charge on any atom is -0.476 e. The van der Waals surface area contributed by atoms with Gasteiger partial charge in [-0.15, -0.1) is 6.58 Å². The zero-order valence-corrected chi connectivity index (χ0v) is 7.87. The Morgan fingerprint density at radius 1 is 1.67 bits per heavy atom. The van der Waals surface area contributed by atoms with Crippen LogP contribution in [0.4, 0.5) is 0 Å². The predicted molar refractivity (Wildman–Crippen MR) is 47.7 cm³/mol. The zero-order valence-electron chi connectivity index (χ0n) is 7.87. The standard InChI is InChI=1S/C8H16N2O2/c1-5-6-9-7(8(11)12)10(2,3)4/h5,7,9H,1,6H2,2-4H3/p+1. The third kappa shape index (κ3) is 3.50. The normalized spacial score (nSPS) is 13.9. The third-order valence-electron chi connectivity index (χ3n) is 1.46. The van der Waals surface area contributed by atoms with Gasteiger partial charge in [-0.2, -0.15) is 0 Å². The van der Waals surface area contributed by atoms with Gasteiger partial charge in [-0.05, 0) is 0 Å². The number of carboxylic acids is 1. The van der Waals surface area contributed by atoms with Crippen LogP contribution in [-0.2, 0) is 4.79 Å². The summed E-state index contributed by atoms with van der Waals surface area (Å²) in [6.45, 7) is 4.02. The molecule has 1 atom stereocenters. The summed E-state index contributed by atoms with van der Waals surface area (Å²) in [5.74, 6) is -0.843. The Morgan fingerprint density at radius 3 is 2.42 bits per heavy atom. The number of hydrogen-bond acceptors (Lipinski definition) is 2. The van der Waals surface area contributed by atoms with Gasteiger partial charge < -0.3 is 9.59 Å². The molecule has 0 aromatic carbocycles. The molecule has 0 radical (unpaired) electrons. The monoisotopic (exact) mass is 173 g/mol. The summed E-state index contributed by atoms with van der Waals surface area (Å²) in [6, 6.07) is 0. The van der Waals surface area contributed by atoms with Crippen molar-refractivity contribution >= 4 is 5.97 Å². The van der Waals surface area contributed by atoms with Crippen LogP contribution < -0.4 is 5.32 Å². The lowest BCUT2D eigenvalue weighted by atomic mass is 10.4. The van der Waals surface area contributed by atoms with Crippen molar-refractivity contribution in [3.05, 3.63) is 12.7 Å². The Labute approximate surface area is 73.1 Å². The maximum Gasteiger partial charge on any atom is 0.379 e. The number of nitrogens with zero attached hydrogens (tertiary/aromatic N) is 1. The fourth-order valence-electron chi connectivity index (χ4n) is 0.887. The average Bonchev–Trinajstić information content (AvgIpc) is 1.84. The molecule has 4 heteroatoms. The Morgan fingerprint density at radius 2 is 2.17 bits per heavy atom. The van der Waals surface area contributed by atoms with E-state index >= 15 is 0 Å². The van der Waals surface area contributed by atoms with E-state index in [1.165, 1.54) is 0 Å². The van der Waals surface area contributed by atoms with Gasteiger partial charge in [0.25, 0.3) is 0 Å². The summed E-state index contributed by atoms with van der Waals surface area (Å²) < 4.78 is 0.350. The highest BCUT2D eigenvalue weighted by atomic mass is 16.4. The second-order valence-electron chi connectivity index (χ2n) is 3.55. The van der Waals surface area contributed by atoms with E-state index in [0.717, 1.165) is 0 Å². The van der Waals surface area contributed by atoms with Crippen LogP contribution in [0.15, 0.2) is 12.7 Å². The first kappa shape index (κ1) is 11.1. The minimum atomic E-state index is -0.843. The first-order valence-corrected chi connectivity index (χ1v) is 3.77. The molecule has 12 heavy (non-hydrogen) atoms. The van der Waals surface area contributed by atoms with E-state index in [0.29, 0.717) is 11.0 Å². The summed E-state index contributed by atoms with van der Waals surface area (Å²) in [5.41, 5.74) is 0. The molecule has 0 aliphatic heterocycles. The molecule has 2 N–H and O–H groups in total. The molecule has 0 aromatic heterocycles. The summed E-state index contributed by atoms with van der Waals surface area (Å²) in [5, 5.41) is 11.7. The molecule has 0 bridgehead atoms. The molecule has 1 unspecified atom stereocenters. The Bertz CT molecular complexity index is 172. The lowest BCUT2D eigenvalue weighted by Crippen LogP contribution is -2.57. The van der Waals surface area contributed by atoms with Gasteiger partial charge in [0.2, 0.25) is 6.17 Å². The number of hydrogen-bond donors (Lipinski definition) is 2.